The number of carbonyl (C=O) groups is 2. The van der Waals surface area contributed by atoms with Crippen molar-refractivity contribution in [3.63, 3.8) is 0 Å². The summed E-state index contributed by atoms with van der Waals surface area (Å²) in [5, 5.41) is 87.9. The molecule has 72 heavy (non-hydrogen) atoms. The first-order chi connectivity index (χ1) is 33.1. The SMILES string of the molecule is CC(C)(O)CC[C@@H](O)[C@](C)(O)C1CC[C@@]2(O)C3=CC(=O)C4C[C@@H](O)[C@@H](O)CC4(C)C3CCC12C.CO[C@H]1CC2(C)C(C[C@H]1OC)C(=O)C=C1C2CCC2(C)C([C@@](C)(O)[C@@H](CCC(C)(C)O)OC)CC[C@@]12OC. The molecular formula is C58H96O14. The topological polar surface area (TPSA) is 233 Å². The summed E-state index contributed by atoms with van der Waals surface area (Å²) < 4.78 is 24.0. The molecule has 8 aliphatic carbocycles. The lowest BCUT2D eigenvalue weighted by Crippen LogP contribution is -2.63. The summed E-state index contributed by atoms with van der Waals surface area (Å²) in [7, 11) is 6.87. The second-order valence-electron chi connectivity index (χ2n) is 27.2. The van der Waals surface area contributed by atoms with Gasteiger partial charge in [0.1, 0.15) is 0 Å². The molecule has 0 heterocycles. The van der Waals surface area contributed by atoms with Gasteiger partial charge in [-0.2, -0.15) is 0 Å². The van der Waals surface area contributed by atoms with E-state index in [0.717, 1.165) is 37.7 Å². The third-order valence-electron chi connectivity index (χ3n) is 22.2. The molecule has 412 valence electrons. The highest BCUT2D eigenvalue weighted by atomic mass is 16.5. The van der Waals surface area contributed by atoms with Crippen LogP contribution in [0.1, 0.15) is 172 Å². The maximum Gasteiger partial charge on any atom is 0.159 e. The van der Waals surface area contributed by atoms with Gasteiger partial charge in [0.2, 0.25) is 0 Å². The van der Waals surface area contributed by atoms with Gasteiger partial charge in [-0.05, 0) is 202 Å². The third kappa shape index (κ3) is 9.22. The summed E-state index contributed by atoms with van der Waals surface area (Å²) in [5.74, 6) is -0.736. The van der Waals surface area contributed by atoms with Crippen LogP contribution in [-0.4, -0.2) is 151 Å². The fourth-order valence-electron chi connectivity index (χ4n) is 17.9. The van der Waals surface area contributed by atoms with Crippen LogP contribution in [-0.2, 0) is 28.5 Å². The van der Waals surface area contributed by atoms with E-state index in [9.17, 15) is 50.4 Å². The molecule has 0 aliphatic heterocycles. The molecule has 0 bridgehead atoms. The predicted octanol–water partition coefficient (Wildman–Crippen LogP) is 6.32. The lowest BCUT2D eigenvalue weighted by molar-refractivity contribution is -0.189. The van der Waals surface area contributed by atoms with Crippen LogP contribution in [0.25, 0.3) is 0 Å². The minimum atomic E-state index is -1.46. The summed E-state index contributed by atoms with van der Waals surface area (Å²) >= 11 is 0. The Bertz CT molecular complexity index is 2070. The number of allylic oxidation sites excluding steroid dienone is 2. The zero-order chi connectivity index (χ0) is 53.8. The zero-order valence-corrected chi connectivity index (χ0v) is 46.4. The Morgan fingerprint density at radius 1 is 0.611 bits per heavy atom. The van der Waals surface area contributed by atoms with Crippen LogP contribution in [0.5, 0.6) is 0 Å². The average molecular weight is 1020 g/mol. The lowest BCUT2D eigenvalue weighted by atomic mass is 9.45. The first-order valence-electron chi connectivity index (χ1n) is 27.4. The largest absolute Gasteiger partial charge is 0.390 e. The maximum absolute atomic E-state index is 13.8. The Morgan fingerprint density at radius 2 is 1.11 bits per heavy atom. The van der Waals surface area contributed by atoms with Crippen LogP contribution < -0.4 is 0 Å². The Balaban J connectivity index is 0.000000213. The summed E-state index contributed by atoms with van der Waals surface area (Å²) in [6.07, 6.45) is 9.40. The van der Waals surface area contributed by atoms with Gasteiger partial charge in [0.05, 0.1) is 70.2 Å². The van der Waals surface area contributed by atoms with Gasteiger partial charge in [0.25, 0.3) is 0 Å². The highest BCUT2D eigenvalue weighted by Crippen LogP contribution is 2.71. The number of methoxy groups -OCH3 is 4. The van der Waals surface area contributed by atoms with Crippen molar-refractivity contribution >= 4 is 11.6 Å². The fourth-order valence-corrected chi connectivity index (χ4v) is 17.9. The van der Waals surface area contributed by atoms with E-state index >= 15 is 0 Å². The minimum Gasteiger partial charge on any atom is -0.390 e. The van der Waals surface area contributed by atoms with Crippen molar-refractivity contribution in [2.75, 3.05) is 28.4 Å². The molecule has 0 amide bonds. The Morgan fingerprint density at radius 3 is 1.67 bits per heavy atom. The molecule has 6 saturated carbocycles. The van der Waals surface area contributed by atoms with Gasteiger partial charge in [-0.15, -0.1) is 0 Å². The quantitative estimate of drug-likeness (QED) is 0.0952. The van der Waals surface area contributed by atoms with Crippen molar-refractivity contribution in [2.24, 2.45) is 57.2 Å². The van der Waals surface area contributed by atoms with E-state index in [4.69, 9.17) is 18.9 Å². The van der Waals surface area contributed by atoms with Crippen molar-refractivity contribution in [1.82, 2.24) is 0 Å². The molecule has 10 unspecified atom stereocenters. The van der Waals surface area contributed by atoms with Crippen LogP contribution in [0.2, 0.25) is 0 Å². The van der Waals surface area contributed by atoms with E-state index in [1.54, 1.807) is 69.1 Å². The van der Waals surface area contributed by atoms with Crippen LogP contribution in [0.4, 0.5) is 0 Å². The number of carbonyl (C=O) groups excluding carboxylic acids is 2. The van der Waals surface area contributed by atoms with Crippen LogP contribution in [0, 0.1) is 57.2 Å². The molecule has 0 aromatic rings. The Hall–Kier alpha value is -1.66. The third-order valence-corrected chi connectivity index (χ3v) is 22.2. The summed E-state index contributed by atoms with van der Waals surface area (Å²) in [4.78, 5) is 27.0. The molecule has 0 aromatic heterocycles. The maximum atomic E-state index is 13.8. The number of hydrogen-bond acceptors (Lipinski definition) is 14. The summed E-state index contributed by atoms with van der Waals surface area (Å²) in [5.41, 5.74) is -6.32. The number of ketones is 2. The number of ether oxygens (including phenoxy) is 4. The molecule has 8 rings (SSSR count). The van der Waals surface area contributed by atoms with E-state index in [1.165, 1.54) is 0 Å². The van der Waals surface area contributed by atoms with E-state index in [2.05, 4.69) is 13.8 Å². The van der Waals surface area contributed by atoms with Crippen molar-refractivity contribution in [1.29, 1.82) is 0 Å². The molecule has 6 fully saturated rings. The molecule has 0 saturated heterocycles. The van der Waals surface area contributed by atoms with Crippen molar-refractivity contribution in [2.45, 2.75) is 242 Å². The first-order valence-corrected chi connectivity index (χ1v) is 27.4. The van der Waals surface area contributed by atoms with Gasteiger partial charge in [-0.1, -0.05) is 27.7 Å². The van der Waals surface area contributed by atoms with Crippen LogP contribution in [0.15, 0.2) is 23.3 Å². The fraction of sp³-hybridized carbons (Fsp3) is 0.897. The highest BCUT2D eigenvalue weighted by Gasteiger charge is 2.72. The van der Waals surface area contributed by atoms with Gasteiger partial charge in [0, 0.05) is 51.1 Å². The van der Waals surface area contributed by atoms with Crippen LogP contribution in [0.3, 0.4) is 0 Å². The molecule has 14 nitrogen and oxygen atoms in total. The molecule has 14 heteroatoms. The second-order valence-corrected chi connectivity index (χ2v) is 27.2. The second kappa shape index (κ2) is 19.7. The number of hydrogen-bond donors (Lipinski definition) is 8. The molecule has 0 radical (unpaired) electrons. The van der Waals surface area contributed by atoms with Crippen LogP contribution >= 0.6 is 0 Å². The predicted molar refractivity (Wildman–Crippen MR) is 272 cm³/mol. The van der Waals surface area contributed by atoms with E-state index in [-0.39, 0.29) is 83.0 Å². The molecular weight excluding hydrogens is 921 g/mol. The number of rotatable bonds is 14. The smallest absolute Gasteiger partial charge is 0.159 e. The van der Waals surface area contributed by atoms with Crippen molar-refractivity contribution in [3.05, 3.63) is 23.3 Å². The van der Waals surface area contributed by atoms with Gasteiger partial charge in [0.15, 0.2) is 11.6 Å². The van der Waals surface area contributed by atoms with Gasteiger partial charge < -0.3 is 59.8 Å². The van der Waals surface area contributed by atoms with E-state index in [0.29, 0.717) is 63.4 Å². The molecule has 8 N–H and O–H groups in total. The Labute approximate surface area is 430 Å². The molecule has 20 atom stereocenters. The summed E-state index contributed by atoms with van der Waals surface area (Å²) in [6, 6.07) is 0. The Kier molecular flexibility index (Phi) is 15.8. The van der Waals surface area contributed by atoms with E-state index in [1.807, 2.05) is 26.8 Å². The molecule has 0 spiro atoms. The lowest BCUT2D eigenvalue weighted by Gasteiger charge is -2.62. The van der Waals surface area contributed by atoms with Crippen molar-refractivity contribution in [3.8, 4) is 0 Å². The average Bonchev–Trinajstić information content (AvgIpc) is 3.77. The van der Waals surface area contributed by atoms with Gasteiger partial charge in [-0.25, -0.2) is 0 Å². The minimum absolute atomic E-state index is 0.0458. The number of aliphatic hydroxyl groups is 8. The van der Waals surface area contributed by atoms with Gasteiger partial charge >= 0.3 is 0 Å². The van der Waals surface area contributed by atoms with Crippen molar-refractivity contribution < 1.29 is 69.4 Å². The normalized spacial score (nSPS) is 45.2. The standard InChI is InChI=1S/C31H52O7.C27H44O7/c1-27(2,33)13-12-26(37-8)30(5,34)25-11-15-31(38-9)20-16-22(32)21-17-23(35-6)24(36-7)18-28(21,3)19(20)10-14-29(25,31)4;1-23(2,32)9-8-22(31)26(5,33)21-7-11-27(34)16-12-18(28)17-13-19(29)20(30)14-24(17,3)15(16)6-10-25(21,27)4/h16,19,21,23-26,33-34H,10-15,17-18H2,1-9H3;12,15,17,19-22,29-34H,6-11,13-14H2,1-5H3/t19?,21?,23-,24+,25?,26-,28?,29?,30-,31-;15?,17?,19-,20+,21?,22-,24?,25?,26-,27-/m11/s1. The highest BCUT2D eigenvalue weighted by molar-refractivity contribution is 5.95. The number of fused-ring (bicyclic) bond motifs is 10. The monoisotopic (exact) mass is 1020 g/mol. The molecule has 0 aromatic carbocycles. The summed E-state index contributed by atoms with van der Waals surface area (Å²) in [6.45, 7) is 19.0. The molecule has 8 aliphatic rings. The first kappa shape index (κ1) is 58.0. The zero-order valence-electron chi connectivity index (χ0n) is 46.4. The number of aliphatic hydroxyl groups excluding tert-OH is 3. The van der Waals surface area contributed by atoms with Gasteiger partial charge in [-0.3, -0.25) is 9.59 Å². The van der Waals surface area contributed by atoms with E-state index < -0.39 is 68.9 Å².